The number of rotatable bonds is 4. The van der Waals surface area contributed by atoms with Gasteiger partial charge in [0, 0.05) is 4.90 Å². The van der Waals surface area contributed by atoms with E-state index in [1.165, 1.54) is 23.9 Å². The maximum Gasteiger partial charge on any atom is 0.277 e. The lowest BCUT2D eigenvalue weighted by molar-refractivity contribution is -0.117. The Kier molecular flexibility index (Phi) is 5.24. The lowest BCUT2D eigenvalue weighted by Crippen LogP contribution is -2.46. The molecule has 0 saturated carbocycles. The van der Waals surface area contributed by atoms with Crippen LogP contribution in [0.4, 0.5) is 5.69 Å². The van der Waals surface area contributed by atoms with Crippen molar-refractivity contribution < 1.29 is 9.63 Å². The highest BCUT2D eigenvalue weighted by Gasteiger charge is 2.53. The van der Waals surface area contributed by atoms with Gasteiger partial charge < -0.3 is 4.84 Å². The summed E-state index contributed by atoms with van der Waals surface area (Å²) >= 11 is 5.00. The molecule has 0 saturated heterocycles. The number of carbonyl (C=O) groups is 1. The first kappa shape index (κ1) is 17.7. The van der Waals surface area contributed by atoms with Gasteiger partial charge in [-0.25, -0.2) is 0 Å². The molecular weight excluding hydrogens is 402 g/mol. The molecule has 0 aromatic heterocycles. The van der Waals surface area contributed by atoms with Crippen LogP contribution >= 0.6 is 27.7 Å². The van der Waals surface area contributed by atoms with Crippen LogP contribution < -0.4 is 5.01 Å². The fourth-order valence-corrected chi connectivity index (χ4v) is 3.96. The molecule has 0 spiro atoms. The molecule has 1 heterocycles. The summed E-state index contributed by atoms with van der Waals surface area (Å²) in [5.41, 5.74) is 1.19. The molecule has 2 aromatic carbocycles. The van der Waals surface area contributed by atoms with E-state index >= 15 is 0 Å². The van der Waals surface area contributed by atoms with Crippen molar-refractivity contribution >= 4 is 50.0 Å². The van der Waals surface area contributed by atoms with E-state index < -0.39 is 4.32 Å². The summed E-state index contributed by atoms with van der Waals surface area (Å²) in [6.45, 7) is 1.74. The predicted octanol–water partition coefficient (Wildman–Crippen LogP) is 4.30. The van der Waals surface area contributed by atoms with Gasteiger partial charge in [-0.2, -0.15) is 10.1 Å². The fourth-order valence-electron chi connectivity index (χ4n) is 2.39. The number of halogens is 1. The SMILES string of the molecule is CON=C(C)C1(Br)C(=O)N(c2ccccc2)N=C1Sc1ccccc1. The summed E-state index contributed by atoms with van der Waals surface area (Å²) in [7, 11) is 1.45. The molecule has 2 aromatic rings. The fraction of sp³-hybridized carbons (Fsp3) is 0.167. The van der Waals surface area contributed by atoms with Crippen LogP contribution in [0, 0.1) is 0 Å². The number of oxime groups is 1. The number of amides is 1. The Morgan fingerprint density at radius 3 is 2.36 bits per heavy atom. The second kappa shape index (κ2) is 7.41. The van der Waals surface area contributed by atoms with Crippen molar-refractivity contribution in [2.75, 3.05) is 12.1 Å². The number of benzene rings is 2. The van der Waals surface area contributed by atoms with Gasteiger partial charge in [0.25, 0.3) is 5.91 Å². The van der Waals surface area contributed by atoms with Crippen LogP contribution in [0.3, 0.4) is 0 Å². The highest BCUT2D eigenvalue weighted by molar-refractivity contribution is 9.11. The number of hydrogen-bond donors (Lipinski definition) is 0. The maximum atomic E-state index is 13.2. The van der Waals surface area contributed by atoms with E-state index in [2.05, 4.69) is 26.2 Å². The highest BCUT2D eigenvalue weighted by Crippen LogP contribution is 2.40. The zero-order valence-corrected chi connectivity index (χ0v) is 16.1. The van der Waals surface area contributed by atoms with Gasteiger partial charge in [-0.3, -0.25) is 4.79 Å². The normalized spacial score (nSPS) is 20.6. The van der Waals surface area contributed by atoms with Crippen molar-refractivity contribution in [2.24, 2.45) is 10.3 Å². The quantitative estimate of drug-likeness (QED) is 0.423. The average molecular weight is 418 g/mol. The highest BCUT2D eigenvalue weighted by atomic mass is 79.9. The first-order chi connectivity index (χ1) is 12.1. The zero-order valence-electron chi connectivity index (χ0n) is 13.7. The van der Waals surface area contributed by atoms with Crippen molar-refractivity contribution in [1.29, 1.82) is 0 Å². The van der Waals surface area contributed by atoms with E-state index in [-0.39, 0.29) is 5.91 Å². The predicted molar refractivity (Wildman–Crippen MR) is 105 cm³/mol. The lowest BCUT2D eigenvalue weighted by atomic mass is 10.1. The number of alkyl halides is 1. The summed E-state index contributed by atoms with van der Waals surface area (Å²) in [6.07, 6.45) is 0. The van der Waals surface area contributed by atoms with Gasteiger partial charge in [-0.05, 0) is 31.2 Å². The molecule has 1 unspecified atom stereocenters. The van der Waals surface area contributed by atoms with Crippen LogP contribution in [-0.2, 0) is 9.63 Å². The number of anilines is 1. The molecule has 25 heavy (non-hydrogen) atoms. The lowest BCUT2D eigenvalue weighted by Gasteiger charge is -2.21. The summed E-state index contributed by atoms with van der Waals surface area (Å²) in [4.78, 5) is 19.0. The van der Waals surface area contributed by atoms with Gasteiger partial charge in [-0.15, -0.1) is 0 Å². The Balaban J connectivity index is 2.05. The molecule has 0 bridgehead atoms. The van der Waals surface area contributed by atoms with E-state index in [9.17, 15) is 4.79 Å². The van der Waals surface area contributed by atoms with E-state index in [1.807, 2.05) is 60.7 Å². The average Bonchev–Trinajstić information content (AvgIpc) is 2.90. The van der Waals surface area contributed by atoms with Gasteiger partial charge >= 0.3 is 0 Å². The molecule has 1 aliphatic heterocycles. The smallest absolute Gasteiger partial charge is 0.277 e. The minimum Gasteiger partial charge on any atom is -0.399 e. The molecule has 0 aliphatic carbocycles. The van der Waals surface area contributed by atoms with Crippen LogP contribution in [-0.4, -0.2) is 28.1 Å². The zero-order chi connectivity index (χ0) is 17.9. The van der Waals surface area contributed by atoms with Crippen LogP contribution in [0.15, 0.2) is 75.8 Å². The number of carbonyl (C=O) groups excluding carboxylic acids is 1. The Bertz CT molecular complexity index is 827. The van der Waals surface area contributed by atoms with Gasteiger partial charge in [0.15, 0.2) is 4.32 Å². The summed E-state index contributed by atoms with van der Waals surface area (Å²) in [5, 5.41) is 10.5. The molecule has 1 amide bonds. The summed E-state index contributed by atoms with van der Waals surface area (Å²) in [5.74, 6) is -0.226. The largest absolute Gasteiger partial charge is 0.399 e. The monoisotopic (exact) mass is 417 g/mol. The molecule has 0 radical (unpaired) electrons. The summed E-state index contributed by atoms with van der Waals surface area (Å²) in [6, 6.07) is 19.1. The third kappa shape index (κ3) is 3.34. The molecule has 5 nitrogen and oxygen atoms in total. The molecule has 3 rings (SSSR count). The molecule has 1 atom stereocenters. The van der Waals surface area contributed by atoms with Gasteiger partial charge in [-0.1, -0.05) is 69.2 Å². The van der Waals surface area contributed by atoms with Crippen LogP contribution in [0.25, 0.3) is 0 Å². The molecule has 1 aliphatic rings. The first-order valence-corrected chi connectivity index (χ1v) is 9.17. The van der Waals surface area contributed by atoms with Crippen molar-refractivity contribution in [3.63, 3.8) is 0 Å². The van der Waals surface area contributed by atoms with Crippen LogP contribution in [0.2, 0.25) is 0 Å². The molecule has 128 valence electrons. The Morgan fingerprint density at radius 1 is 1.16 bits per heavy atom. The Labute approximate surface area is 158 Å². The molecule has 0 fully saturated rings. The van der Waals surface area contributed by atoms with Crippen molar-refractivity contribution in [3.8, 4) is 0 Å². The molecular formula is C18H16BrN3O2S. The maximum absolute atomic E-state index is 13.2. The van der Waals surface area contributed by atoms with Crippen molar-refractivity contribution in [2.45, 2.75) is 16.1 Å². The van der Waals surface area contributed by atoms with E-state index in [0.29, 0.717) is 16.4 Å². The van der Waals surface area contributed by atoms with Gasteiger partial charge in [0.2, 0.25) is 0 Å². The van der Waals surface area contributed by atoms with Gasteiger partial charge in [0.1, 0.15) is 12.2 Å². The topological polar surface area (TPSA) is 54.3 Å². The third-order valence-electron chi connectivity index (χ3n) is 3.66. The second-order valence-corrected chi connectivity index (χ2v) is 7.54. The second-order valence-electron chi connectivity index (χ2n) is 5.29. The Morgan fingerprint density at radius 2 is 1.76 bits per heavy atom. The number of hydrogen-bond acceptors (Lipinski definition) is 5. The van der Waals surface area contributed by atoms with Gasteiger partial charge in [0.05, 0.1) is 11.4 Å². The number of thioether (sulfide) groups is 1. The minimum atomic E-state index is -1.15. The van der Waals surface area contributed by atoms with E-state index in [0.717, 1.165) is 4.90 Å². The number of para-hydroxylation sites is 1. The van der Waals surface area contributed by atoms with E-state index in [4.69, 9.17) is 4.84 Å². The standard InChI is InChI=1S/C18H16BrN3O2S/c1-13(21-24-2)18(19)16(25-15-11-7-4-8-12-15)20-22(17(18)23)14-9-5-3-6-10-14/h3-12H,1-2H3. The molecule has 7 heteroatoms. The Hall–Kier alpha value is -2.12. The van der Waals surface area contributed by atoms with E-state index in [1.54, 1.807) is 6.92 Å². The molecule has 0 N–H and O–H groups in total. The van der Waals surface area contributed by atoms with Crippen molar-refractivity contribution in [1.82, 2.24) is 0 Å². The number of hydrazone groups is 1. The first-order valence-electron chi connectivity index (χ1n) is 7.56. The minimum absolute atomic E-state index is 0.226. The van der Waals surface area contributed by atoms with Crippen LogP contribution in [0.1, 0.15) is 6.92 Å². The third-order valence-corrected chi connectivity index (χ3v) is 6.30. The summed E-state index contributed by atoms with van der Waals surface area (Å²) < 4.78 is -1.15. The number of nitrogens with zero attached hydrogens (tertiary/aromatic N) is 3. The van der Waals surface area contributed by atoms with Crippen LogP contribution in [0.5, 0.6) is 0 Å². The van der Waals surface area contributed by atoms with Crippen molar-refractivity contribution in [3.05, 3.63) is 60.7 Å².